The van der Waals surface area contributed by atoms with Gasteiger partial charge in [0.05, 0.1) is 5.92 Å². The number of carbonyl (C=O) groups is 1. The third-order valence-electron chi connectivity index (χ3n) is 2.19. The second-order valence-electron chi connectivity index (χ2n) is 3.22. The molecule has 0 heterocycles. The van der Waals surface area contributed by atoms with Crippen molar-refractivity contribution in [2.75, 3.05) is 0 Å². The minimum atomic E-state index is -1.00. The topological polar surface area (TPSA) is 37.3 Å². The summed E-state index contributed by atoms with van der Waals surface area (Å²) in [4.78, 5) is 11.0. The minimum Gasteiger partial charge on any atom is -0.481 e. The lowest BCUT2D eigenvalue weighted by Gasteiger charge is -2.10. The van der Waals surface area contributed by atoms with Crippen LogP contribution in [-0.2, 0) is 4.79 Å². The first kappa shape index (κ1) is 11.4. The summed E-state index contributed by atoms with van der Waals surface area (Å²) in [7, 11) is 0. The van der Waals surface area contributed by atoms with Crippen LogP contribution in [0.5, 0.6) is 0 Å². The molecule has 0 saturated heterocycles. The Bertz CT molecular complexity index is 372. The van der Waals surface area contributed by atoms with Gasteiger partial charge in [-0.15, -0.1) is 0 Å². The van der Waals surface area contributed by atoms with Crippen molar-refractivity contribution in [1.82, 2.24) is 0 Å². The molecule has 1 aromatic rings. The standard InChI is InChI=1S/C12H13FO2/c1-2-3-6-10(12(14)15)9-7-4-5-8-11(9)13/h2-5,7-8,10H,6H2,1H3,(H,14,15). The molecule has 1 atom stereocenters. The van der Waals surface area contributed by atoms with E-state index < -0.39 is 17.7 Å². The summed E-state index contributed by atoms with van der Waals surface area (Å²) in [5.41, 5.74) is 0.239. The monoisotopic (exact) mass is 208 g/mol. The van der Waals surface area contributed by atoms with Gasteiger partial charge in [0.15, 0.2) is 0 Å². The number of carboxylic acids is 1. The smallest absolute Gasteiger partial charge is 0.311 e. The summed E-state index contributed by atoms with van der Waals surface area (Å²) < 4.78 is 13.3. The molecule has 0 saturated carbocycles. The van der Waals surface area contributed by atoms with Crippen LogP contribution in [0.1, 0.15) is 24.8 Å². The quantitative estimate of drug-likeness (QED) is 0.772. The first-order chi connectivity index (χ1) is 7.16. The molecule has 0 fully saturated rings. The third-order valence-corrected chi connectivity index (χ3v) is 2.19. The molecular weight excluding hydrogens is 195 g/mol. The zero-order valence-electron chi connectivity index (χ0n) is 8.48. The van der Waals surface area contributed by atoms with E-state index >= 15 is 0 Å². The number of hydrogen-bond donors (Lipinski definition) is 1. The van der Waals surface area contributed by atoms with E-state index in [4.69, 9.17) is 5.11 Å². The van der Waals surface area contributed by atoms with Gasteiger partial charge in [-0.1, -0.05) is 30.4 Å². The van der Waals surface area contributed by atoms with Crippen LogP contribution in [0.3, 0.4) is 0 Å². The zero-order chi connectivity index (χ0) is 11.3. The Kier molecular flexibility index (Phi) is 4.03. The van der Waals surface area contributed by atoms with E-state index in [2.05, 4.69) is 0 Å². The highest BCUT2D eigenvalue weighted by atomic mass is 19.1. The van der Waals surface area contributed by atoms with Gasteiger partial charge in [-0.2, -0.15) is 0 Å². The van der Waals surface area contributed by atoms with Gasteiger partial charge < -0.3 is 5.11 Å². The number of halogens is 1. The van der Waals surface area contributed by atoms with Gasteiger partial charge in [0.1, 0.15) is 5.82 Å². The first-order valence-corrected chi connectivity index (χ1v) is 4.75. The third kappa shape index (κ3) is 2.91. The molecule has 80 valence electrons. The van der Waals surface area contributed by atoms with Gasteiger partial charge in [0.25, 0.3) is 0 Å². The minimum absolute atomic E-state index is 0.239. The maximum Gasteiger partial charge on any atom is 0.311 e. The van der Waals surface area contributed by atoms with Crippen LogP contribution in [0.4, 0.5) is 4.39 Å². The van der Waals surface area contributed by atoms with Crippen LogP contribution >= 0.6 is 0 Å². The Morgan fingerprint density at radius 1 is 1.53 bits per heavy atom. The molecule has 1 aromatic carbocycles. The van der Waals surface area contributed by atoms with Crippen molar-refractivity contribution < 1.29 is 14.3 Å². The lowest BCUT2D eigenvalue weighted by atomic mass is 9.95. The predicted molar refractivity (Wildman–Crippen MR) is 56.2 cm³/mol. The number of benzene rings is 1. The highest BCUT2D eigenvalue weighted by molar-refractivity contribution is 5.76. The van der Waals surface area contributed by atoms with Crippen LogP contribution in [0, 0.1) is 5.82 Å². The number of allylic oxidation sites excluding steroid dienone is 2. The number of carboxylic acid groups (broad SMARTS) is 1. The fourth-order valence-corrected chi connectivity index (χ4v) is 1.39. The summed E-state index contributed by atoms with van der Waals surface area (Å²) in [6.07, 6.45) is 3.80. The van der Waals surface area contributed by atoms with Gasteiger partial charge in [-0.25, -0.2) is 4.39 Å². The Labute approximate surface area is 88.1 Å². The van der Waals surface area contributed by atoms with Crippen molar-refractivity contribution in [1.29, 1.82) is 0 Å². The molecule has 0 radical (unpaired) electrons. The Morgan fingerprint density at radius 2 is 2.20 bits per heavy atom. The molecular formula is C12H13FO2. The molecule has 0 aliphatic carbocycles. The maximum absolute atomic E-state index is 13.3. The summed E-state index contributed by atoms with van der Waals surface area (Å²) in [6.45, 7) is 1.81. The van der Waals surface area contributed by atoms with Gasteiger partial charge in [0.2, 0.25) is 0 Å². The molecule has 2 nitrogen and oxygen atoms in total. The molecule has 3 heteroatoms. The highest BCUT2D eigenvalue weighted by Crippen LogP contribution is 2.23. The Hall–Kier alpha value is -1.64. The lowest BCUT2D eigenvalue weighted by molar-refractivity contribution is -0.138. The predicted octanol–water partition coefficient (Wildman–Crippen LogP) is 2.96. The maximum atomic E-state index is 13.3. The lowest BCUT2D eigenvalue weighted by Crippen LogP contribution is -2.12. The van der Waals surface area contributed by atoms with Crippen molar-refractivity contribution in [2.45, 2.75) is 19.3 Å². The van der Waals surface area contributed by atoms with Crippen molar-refractivity contribution in [2.24, 2.45) is 0 Å². The Balaban J connectivity index is 2.99. The zero-order valence-corrected chi connectivity index (χ0v) is 8.48. The van der Waals surface area contributed by atoms with Crippen LogP contribution < -0.4 is 0 Å². The molecule has 1 N–H and O–H groups in total. The van der Waals surface area contributed by atoms with Crippen molar-refractivity contribution in [3.63, 3.8) is 0 Å². The molecule has 1 rings (SSSR count). The number of hydrogen-bond acceptors (Lipinski definition) is 1. The van der Waals surface area contributed by atoms with Gasteiger partial charge >= 0.3 is 5.97 Å². The van der Waals surface area contributed by atoms with Crippen LogP contribution in [-0.4, -0.2) is 11.1 Å². The van der Waals surface area contributed by atoms with E-state index in [0.717, 1.165) is 0 Å². The normalized spacial score (nSPS) is 12.9. The second kappa shape index (κ2) is 5.29. The van der Waals surface area contributed by atoms with E-state index in [-0.39, 0.29) is 5.56 Å². The van der Waals surface area contributed by atoms with E-state index in [9.17, 15) is 9.18 Å². The van der Waals surface area contributed by atoms with Gasteiger partial charge in [-0.3, -0.25) is 4.79 Å². The molecule has 0 amide bonds. The fraction of sp³-hybridized carbons (Fsp3) is 0.250. The SMILES string of the molecule is CC=CCC(C(=O)O)c1ccccc1F. The summed E-state index contributed by atoms with van der Waals surface area (Å²) >= 11 is 0. The highest BCUT2D eigenvalue weighted by Gasteiger charge is 2.21. The van der Waals surface area contributed by atoms with Crippen molar-refractivity contribution in [3.05, 3.63) is 47.8 Å². The molecule has 0 aromatic heterocycles. The molecule has 0 bridgehead atoms. The molecule has 0 aliphatic rings. The second-order valence-corrected chi connectivity index (χ2v) is 3.22. The molecule has 0 aliphatic heterocycles. The number of rotatable bonds is 4. The summed E-state index contributed by atoms with van der Waals surface area (Å²) in [5, 5.41) is 8.98. The average Bonchev–Trinajstić information content (AvgIpc) is 2.20. The van der Waals surface area contributed by atoms with E-state index in [0.29, 0.717) is 6.42 Å². The van der Waals surface area contributed by atoms with Crippen molar-refractivity contribution in [3.8, 4) is 0 Å². The van der Waals surface area contributed by atoms with Crippen LogP contribution in [0.25, 0.3) is 0 Å². The van der Waals surface area contributed by atoms with Gasteiger partial charge in [0, 0.05) is 5.56 Å². The fourth-order valence-electron chi connectivity index (χ4n) is 1.39. The van der Waals surface area contributed by atoms with Gasteiger partial charge in [-0.05, 0) is 19.4 Å². The van der Waals surface area contributed by atoms with E-state index in [1.54, 1.807) is 31.2 Å². The van der Waals surface area contributed by atoms with E-state index in [1.165, 1.54) is 12.1 Å². The first-order valence-electron chi connectivity index (χ1n) is 4.75. The largest absolute Gasteiger partial charge is 0.481 e. The summed E-state index contributed by atoms with van der Waals surface area (Å²) in [5.74, 6) is -2.27. The average molecular weight is 208 g/mol. The summed E-state index contributed by atoms with van der Waals surface area (Å²) in [6, 6.07) is 5.98. The molecule has 1 unspecified atom stereocenters. The van der Waals surface area contributed by atoms with Crippen molar-refractivity contribution >= 4 is 5.97 Å². The number of aliphatic carboxylic acids is 1. The Morgan fingerprint density at radius 3 is 2.73 bits per heavy atom. The van der Waals surface area contributed by atoms with Crippen LogP contribution in [0.15, 0.2) is 36.4 Å². The molecule has 15 heavy (non-hydrogen) atoms. The van der Waals surface area contributed by atoms with Crippen LogP contribution in [0.2, 0.25) is 0 Å². The molecule has 0 spiro atoms. The van der Waals surface area contributed by atoms with E-state index in [1.807, 2.05) is 0 Å².